The first-order chi connectivity index (χ1) is 18.0. The van der Waals surface area contributed by atoms with Crippen LogP contribution in [0.5, 0.6) is 5.75 Å². The van der Waals surface area contributed by atoms with E-state index in [4.69, 9.17) is 4.74 Å². The number of hydrogen-bond acceptors (Lipinski definition) is 8. The molecule has 0 unspecified atom stereocenters. The van der Waals surface area contributed by atoms with Crippen LogP contribution in [0.15, 0.2) is 23.1 Å². The standard InChI is InChI=1S/C23H25F5N4O4S2/c1-13-30-16-10-15(2-3-17(16)37-13)36-12-14(33)11-32-8-6-31(7-9-32)5-4-29-38(34,35)23-21(27)19(25)18(24)20(26)22(23)28/h2-3,10,14,29,33H,4-9,11-12H2,1H3/t14-/m1/s1. The number of aryl methyl sites for hydroxylation is 1. The van der Waals surface area contributed by atoms with E-state index in [2.05, 4.69) is 4.98 Å². The van der Waals surface area contributed by atoms with Gasteiger partial charge in [0.15, 0.2) is 28.2 Å². The third-order valence-corrected chi connectivity index (χ3v) is 8.43. The van der Waals surface area contributed by atoms with E-state index in [1.165, 1.54) is 0 Å². The van der Waals surface area contributed by atoms with Gasteiger partial charge in [0.25, 0.3) is 0 Å². The van der Waals surface area contributed by atoms with E-state index in [0.717, 1.165) is 15.2 Å². The highest BCUT2D eigenvalue weighted by Crippen LogP contribution is 2.27. The summed E-state index contributed by atoms with van der Waals surface area (Å²) in [4.78, 5) is 6.39. The molecule has 208 valence electrons. The molecule has 1 aliphatic heterocycles. The van der Waals surface area contributed by atoms with E-state index in [0.29, 0.717) is 38.5 Å². The summed E-state index contributed by atoms with van der Waals surface area (Å²) in [7, 11) is -4.99. The molecule has 2 N–H and O–H groups in total. The van der Waals surface area contributed by atoms with Gasteiger partial charge in [-0.05, 0) is 19.1 Å². The lowest BCUT2D eigenvalue weighted by molar-refractivity contribution is 0.0465. The second-order valence-electron chi connectivity index (χ2n) is 8.77. The van der Waals surface area contributed by atoms with Crippen molar-refractivity contribution in [3.8, 4) is 5.75 Å². The number of hydrogen-bond donors (Lipinski definition) is 2. The summed E-state index contributed by atoms with van der Waals surface area (Å²) in [5, 5.41) is 11.3. The van der Waals surface area contributed by atoms with Gasteiger partial charge in [0.2, 0.25) is 15.8 Å². The summed E-state index contributed by atoms with van der Waals surface area (Å²) in [5.41, 5.74) is 0.838. The van der Waals surface area contributed by atoms with Gasteiger partial charge >= 0.3 is 0 Å². The van der Waals surface area contributed by atoms with Crippen LogP contribution in [0.2, 0.25) is 0 Å². The molecule has 0 spiro atoms. The Morgan fingerprint density at radius 3 is 2.29 bits per heavy atom. The highest BCUT2D eigenvalue weighted by molar-refractivity contribution is 7.89. The molecule has 1 fully saturated rings. The van der Waals surface area contributed by atoms with Crippen LogP contribution in [0, 0.1) is 36.0 Å². The van der Waals surface area contributed by atoms with Crippen molar-refractivity contribution in [3.63, 3.8) is 0 Å². The molecular formula is C23H25F5N4O4S2. The molecular weight excluding hydrogens is 555 g/mol. The lowest BCUT2D eigenvalue weighted by Crippen LogP contribution is -2.50. The largest absolute Gasteiger partial charge is 0.491 e. The summed E-state index contributed by atoms with van der Waals surface area (Å²) < 4.78 is 101. The van der Waals surface area contributed by atoms with Crippen molar-refractivity contribution in [1.29, 1.82) is 0 Å². The maximum atomic E-state index is 13.9. The second-order valence-corrected chi connectivity index (χ2v) is 11.7. The quantitative estimate of drug-likeness (QED) is 0.216. The number of ether oxygens (including phenoxy) is 1. The molecule has 0 aliphatic carbocycles. The summed E-state index contributed by atoms with van der Waals surface area (Å²) in [6.45, 7) is 4.36. The normalized spacial score (nSPS) is 16.3. The number of nitrogens with zero attached hydrogens (tertiary/aromatic N) is 3. The summed E-state index contributed by atoms with van der Waals surface area (Å²) in [5.74, 6) is -11.3. The molecule has 4 rings (SSSR count). The Labute approximate surface area is 219 Å². The van der Waals surface area contributed by atoms with Gasteiger partial charge in [-0.15, -0.1) is 11.3 Å². The van der Waals surface area contributed by atoms with Gasteiger partial charge in [0.05, 0.1) is 15.2 Å². The molecule has 2 heterocycles. The zero-order chi connectivity index (χ0) is 27.6. The average Bonchev–Trinajstić information content (AvgIpc) is 3.25. The molecule has 1 saturated heterocycles. The molecule has 8 nitrogen and oxygen atoms in total. The van der Waals surface area contributed by atoms with E-state index >= 15 is 0 Å². The molecule has 15 heteroatoms. The number of aliphatic hydroxyl groups excluding tert-OH is 1. The van der Waals surface area contributed by atoms with Crippen LogP contribution in [-0.4, -0.2) is 86.8 Å². The number of benzene rings is 2. The fraction of sp³-hybridized carbons (Fsp3) is 0.435. The highest BCUT2D eigenvalue weighted by Gasteiger charge is 2.33. The number of fused-ring (bicyclic) bond motifs is 1. The van der Waals surface area contributed by atoms with Crippen LogP contribution in [0.25, 0.3) is 10.2 Å². The molecule has 1 aliphatic rings. The Morgan fingerprint density at radius 2 is 1.63 bits per heavy atom. The molecule has 0 saturated carbocycles. The fourth-order valence-electron chi connectivity index (χ4n) is 4.08. The minimum absolute atomic E-state index is 0.0916. The molecule has 3 aromatic rings. The van der Waals surface area contributed by atoms with Crippen LogP contribution >= 0.6 is 11.3 Å². The molecule has 0 amide bonds. The molecule has 38 heavy (non-hydrogen) atoms. The van der Waals surface area contributed by atoms with Crippen molar-refractivity contribution >= 4 is 31.6 Å². The first-order valence-corrected chi connectivity index (χ1v) is 13.9. The zero-order valence-corrected chi connectivity index (χ0v) is 21.8. The molecule has 1 aromatic heterocycles. The summed E-state index contributed by atoms with van der Waals surface area (Å²) >= 11 is 1.59. The highest BCUT2D eigenvalue weighted by atomic mass is 32.2. The van der Waals surface area contributed by atoms with Gasteiger partial charge in [0.1, 0.15) is 18.5 Å². The van der Waals surface area contributed by atoms with Crippen LogP contribution in [0.1, 0.15) is 5.01 Å². The molecule has 0 radical (unpaired) electrons. The smallest absolute Gasteiger partial charge is 0.246 e. The molecule has 2 aromatic carbocycles. The van der Waals surface area contributed by atoms with E-state index in [-0.39, 0.29) is 19.7 Å². The minimum Gasteiger partial charge on any atom is -0.491 e. The Morgan fingerprint density at radius 1 is 1.03 bits per heavy atom. The predicted octanol–water partition coefficient (Wildman–Crippen LogP) is 2.64. The van der Waals surface area contributed by atoms with Crippen molar-refractivity contribution in [2.24, 2.45) is 0 Å². The maximum Gasteiger partial charge on any atom is 0.246 e. The number of halogens is 5. The van der Waals surface area contributed by atoms with Gasteiger partial charge in [-0.1, -0.05) is 0 Å². The van der Waals surface area contributed by atoms with E-state index < -0.39 is 50.1 Å². The number of aromatic nitrogens is 1. The average molecular weight is 581 g/mol. The number of aliphatic hydroxyl groups is 1. The summed E-state index contributed by atoms with van der Waals surface area (Å²) in [6.07, 6.45) is -0.748. The number of piperazine rings is 1. The predicted molar refractivity (Wildman–Crippen MR) is 130 cm³/mol. The van der Waals surface area contributed by atoms with Gasteiger partial charge in [0, 0.05) is 51.9 Å². The van der Waals surface area contributed by atoms with Crippen LogP contribution < -0.4 is 9.46 Å². The van der Waals surface area contributed by atoms with Crippen LogP contribution in [0.3, 0.4) is 0 Å². The first-order valence-electron chi connectivity index (χ1n) is 11.6. The van der Waals surface area contributed by atoms with E-state index in [9.17, 15) is 35.5 Å². The van der Waals surface area contributed by atoms with Crippen LogP contribution in [-0.2, 0) is 10.0 Å². The van der Waals surface area contributed by atoms with Crippen molar-refractivity contribution in [3.05, 3.63) is 52.3 Å². The topological polar surface area (TPSA) is 95.0 Å². The summed E-state index contributed by atoms with van der Waals surface area (Å²) in [6, 6.07) is 5.57. The third kappa shape index (κ3) is 6.40. The molecule has 0 bridgehead atoms. The maximum absolute atomic E-state index is 13.9. The van der Waals surface area contributed by atoms with Gasteiger partial charge in [-0.3, -0.25) is 9.80 Å². The number of sulfonamides is 1. The number of thiazole rings is 1. The van der Waals surface area contributed by atoms with Crippen molar-refractivity contribution < 1.29 is 40.2 Å². The van der Waals surface area contributed by atoms with Crippen molar-refractivity contribution in [1.82, 2.24) is 19.5 Å². The second kappa shape index (κ2) is 11.8. The Balaban J connectivity index is 1.20. The molecule has 1 atom stereocenters. The van der Waals surface area contributed by atoms with E-state index in [1.54, 1.807) is 11.3 Å². The zero-order valence-electron chi connectivity index (χ0n) is 20.2. The Kier molecular flexibility index (Phi) is 8.84. The van der Waals surface area contributed by atoms with Crippen LogP contribution in [0.4, 0.5) is 22.0 Å². The Bertz CT molecular complexity index is 1390. The Hall–Kier alpha value is -2.43. The van der Waals surface area contributed by atoms with E-state index in [1.807, 2.05) is 39.6 Å². The minimum atomic E-state index is -4.99. The SMILES string of the molecule is Cc1nc2cc(OC[C@H](O)CN3CCN(CCNS(=O)(=O)c4c(F)c(F)c(F)c(F)c4F)CC3)ccc2s1. The van der Waals surface area contributed by atoms with Gasteiger partial charge in [-0.25, -0.2) is 40.1 Å². The third-order valence-electron chi connectivity index (χ3n) is 6.00. The lowest BCUT2D eigenvalue weighted by Gasteiger charge is -2.35. The lowest BCUT2D eigenvalue weighted by atomic mass is 10.2. The van der Waals surface area contributed by atoms with Gasteiger partial charge in [-0.2, -0.15) is 0 Å². The fourth-order valence-corrected chi connectivity index (χ4v) is 6.04. The first kappa shape index (κ1) is 28.6. The number of rotatable bonds is 10. The number of β-amino-alcohol motifs (C(OH)–C–C–N with tert-alkyl or cyclic N) is 1. The number of nitrogens with one attached hydrogen (secondary N) is 1. The van der Waals surface area contributed by atoms with Crippen molar-refractivity contribution in [2.75, 3.05) is 52.4 Å². The van der Waals surface area contributed by atoms with Crippen molar-refractivity contribution in [2.45, 2.75) is 17.9 Å². The van der Waals surface area contributed by atoms with Gasteiger partial charge < -0.3 is 9.84 Å². The monoisotopic (exact) mass is 580 g/mol.